The van der Waals surface area contributed by atoms with E-state index >= 15 is 0 Å². The predicted molar refractivity (Wildman–Crippen MR) is 101 cm³/mol. The Balaban J connectivity index is 2.19. The number of hydrogen-bond acceptors (Lipinski definition) is 3. The highest BCUT2D eigenvalue weighted by atomic mass is 32.1. The molecule has 3 aromatic rings. The largest absolute Gasteiger partial charge is 0.305 e. The molecule has 25 heavy (non-hydrogen) atoms. The average molecular weight is 352 g/mol. The molecule has 6 heteroatoms. The first-order chi connectivity index (χ1) is 11.9. The molecule has 0 atom stereocenters. The maximum atomic E-state index is 12.6. The van der Waals surface area contributed by atoms with E-state index in [2.05, 4.69) is 48.1 Å². The Morgan fingerprint density at radius 3 is 2.80 bits per heavy atom. The molecule has 2 aromatic heterocycles. The number of carbonyl (C=O) groups is 1. The first kappa shape index (κ1) is 17.2. The molecule has 0 aliphatic heterocycles. The maximum Gasteiger partial charge on any atom is 0.298 e. The summed E-state index contributed by atoms with van der Waals surface area (Å²) in [6.07, 6.45) is 7.19. The van der Waals surface area contributed by atoms with Crippen molar-refractivity contribution < 1.29 is 4.79 Å². The lowest BCUT2D eigenvalue weighted by molar-refractivity contribution is 0.0988. The number of hydrogen-bond donors (Lipinski definition) is 0. The van der Waals surface area contributed by atoms with Crippen molar-refractivity contribution in [3.8, 4) is 12.3 Å². The van der Waals surface area contributed by atoms with E-state index in [1.54, 1.807) is 17.9 Å². The Hall–Kier alpha value is -2.65. The number of thiazole rings is 1. The van der Waals surface area contributed by atoms with E-state index in [0.717, 1.165) is 15.8 Å². The standard InChI is InChI=1S/C19H20N4OS/c1-6-9-23-15-8-7-14(12(2)3)10-16(15)25-19(23)21-18(24)17-13(4)11-20-22(17)5/h1,7-8,10-12H,9H2,2-5H3. The zero-order valence-electron chi connectivity index (χ0n) is 14.8. The molecule has 1 aromatic carbocycles. The van der Waals surface area contributed by atoms with Crippen molar-refractivity contribution in [2.45, 2.75) is 33.2 Å². The van der Waals surface area contributed by atoms with Gasteiger partial charge in [0.25, 0.3) is 5.91 Å². The Morgan fingerprint density at radius 2 is 2.20 bits per heavy atom. The molecule has 5 nitrogen and oxygen atoms in total. The van der Waals surface area contributed by atoms with Crippen LogP contribution < -0.4 is 4.80 Å². The normalized spacial score (nSPS) is 12.1. The van der Waals surface area contributed by atoms with Gasteiger partial charge in [-0.15, -0.1) is 6.42 Å². The summed E-state index contributed by atoms with van der Waals surface area (Å²) < 4.78 is 4.54. The predicted octanol–water partition coefficient (Wildman–Crippen LogP) is 3.24. The molecule has 0 N–H and O–H groups in total. The van der Waals surface area contributed by atoms with E-state index in [0.29, 0.717) is 23.0 Å². The van der Waals surface area contributed by atoms with Gasteiger partial charge in [-0.2, -0.15) is 10.1 Å². The van der Waals surface area contributed by atoms with Crippen LogP contribution in [0.4, 0.5) is 0 Å². The fourth-order valence-electron chi connectivity index (χ4n) is 2.77. The number of carbonyl (C=O) groups excluding carboxylic acids is 1. The quantitative estimate of drug-likeness (QED) is 0.680. The minimum Gasteiger partial charge on any atom is -0.305 e. The highest BCUT2D eigenvalue weighted by molar-refractivity contribution is 7.16. The summed E-state index contributed by atoms with van der Waals surface area (Å²) in [5, 5.41) is 4.11. The molecule has 0 saturated carbocycles. The SMILES string of the molecule is C#CCn1c(=NC(=O)c2c(C)cnn2C)sc2cc(C(C)C)ccc21. The number of nitrogens with zero attached hydrogens (tertiary/aromatic N) is 4. The zero-order valence-corrected chi connectivity index (χ0v) is 15.6. The molecule has 2 heterocycles. The van der Waals surface area contributed by atoms with Crippen LogP contribution in [0, 0.1) is 19.3 Å². The first-order valence-electron chi connectivity index (χ1n) is 8.06. The van der Waals surface area contributed by atoms with Crippen molar-refractivity contribution >= 4 is 27.5 Å². The van der Waals surface area contributed by atoms with Gasteiger partial charge >= 0.3 is 0 Å². The van der Waals surface area contributed by atoms with Crippen LogP contribution in [0.1, 0.15) is 41.4 Å². The lowest BCUT2D eigenvalue weighted by Crippen LogP contribution is -2.18. The van der Waals surface area contributed by atoms with Gasteiger partial charge in [0.05, 0.1) is 23.0 Å². The summed E-state index contributed by atoms with van der Waals surface area (Å²) in [6, 6.07) is 6.30. The van der Waals surface area contributed by atoms with Gasteiger partial charge in [-0.05, 0) is 30.5 Å². The van der Waals surface area contributed by atoms with E-state index in [4.69, 9.17) is 6.42 Å². The second-order valence-corrected chi connectivity index (χ2v) is 7.28. The Morgan fingerprint density at radius 1 is 1.44 bits per heavy atom. The van der Waals surface area contributed by atoms with Gasteiger partial charge in [-0.25, -0.2) is 0 Å². The molecule has 0 spiro atoms. The van der Waals surface area contributed by atoms with E-state index in [1.165, 1.54) is 16.9 Å². The number of amides is 1. The fourth-order valence-corrected chi connectivity index (χ4v) is 3.85. The van der Waals surface area contributed by atoms with Crippen LogP contribution in [-0.4, -0.2) is 20.3 Å². The maximum absolute atomic E-state index is 12.6. The van der Waals surface area contributed by atoms with E-state index in [-0.39, 0.29) is 5.91 Å². The van der Waals surface area contributed by atoms with Gasteiger partial charge in [0, 0.05) is 12.6 Å². The molecule has 0 bridgehead atoms. The van der Waals surface area contributed by atoms with E-state index in [9.17, 15) is 4.79 Å². The third-order valence-corrected chi connectivity index (χ3v) is 5.19. The van der Waals surface area contributed by atoms with Gasteiger partial charge in [0.15, 0.2) is 4.80 Å². The molecule has 1 amide bonds. The van der Waals surface area contributed by atoms with Gasteiger partial charge in [-0.1, -0.05) is 37.2 Å². The Bertz CT molecular complexity index is 1040. The number of fused-ring (bicyclic) bond motifs is 1. The lowest BCUT2D eigenvalue weighted by Gasteiger charge is -2.05. The minimum atomic E-state index is -0.307. The molecule has 0 aliphatic carbocycles. The number of rotatable bonds is 3. The van der Waals surface area contributed by atoms with Crippen LogP contribution >= 0.6 is 11.3 Å². The minimum absolute atomic E-state index is 0.307. The van der Waals surface area contributed by atoms with Crippen molar-refractivity contribution in [3.63, 3.8) is 0 Å². The van der Waals surface area contributed by atoms with Gasteiger partial charge in [0.1, 0.15) is 5.69 Å². The van der Waals surface area contributed by atoms with Crippen LogP contribution in [0.2, 0.25) is 0 Å². The molecule has 0 aliphatic rings. The van der Waals surface area contributed by atoms with Crippen LogP contribution in [0.25, 0.3) is 10.2 Å². The highest BCUT2D eigenvalue weighted by Crippen LogP contribution is 2.23. The van der Waals surface area contributed by atoms with Crippen molar-refractivity contribution in [2.75, 3.05) is 0 Å². The Kier molecular flexibility index (Phi) is 4.60. The molecule has 3 rings (SSSR count). The zero-order chi connectivity index (χ0) is 18.1. The van der Waals surface area contributed by atoms with Crippen LogP contribution in [-0.2, 0) is 13.6 Å². The van der Waals surface area contributed by atoms with Crippen molar-refractivity contribution in [1.29, 1.82) is 0 Å². The van der Waals surface area contributed by atoms with Crippen molar-refractivity contribution in [1.82, 2.24) is 14.3 Å². The Labute approximate surface area is 150 Å². The molecule has 128 valence electrons. The number of aryl methyl sites for hydroxylation is 2. The first-order valence-corrected chi connectivity index (χ1v) is 8.88. The number of benzene rings is 1. The summed E-state index contributed by atoms with van der Waals surface area (Å²) in [5.41, 5.74) is 3.55. The second kappa shape index (κ2) is 6.69. The molecule has 0 radical (unpaired) electrons. The number of terminal acetylenes is 1. The lowest BCUT2D eigenvalue weighted by atomic mass is 10.0. The summed E-state index contributed by atoms with van der Waals surface area (Å²) in [6.45, 7) is 6.54. The van der Waals surface area contributed by atoms with Crippen molar-refractivity contribution in [2.24, 2.45) is 12.0 Å². The highest BCUT2D eigenvalue weighted by Gasteiger charge is 2.15. The molecule has 0 unspecified atom stereocenters. The van der Waals surface area contributed by atoms with Crippen LogP contribution in [0.15, 0.2) is 29.4 Å². The van der Waals surface area contributed by atoms with Crippen LogP contribution in [0.3, 0.4) is 0 Å². The summed E-state index contributed by atoms with van der Waals surface area (Å²) in [4.78, 5) is 17.6. The third-order valence-electron chi connectivity index (χ3n) is 4.14. The molecular formula is C19H20N4OS. The summed E-state index contributed by atoms with van der Waals surface area (Å²) >= 11 is 1.48. The van der Waals surface area contributed by atoms with E-state index in [1.807, 2.05) is 11.5 Å². The fraction of sp³-hybridized carbons (Fsp3) is 0.316. The van der Waals surface area contributed by atoms with Gasteiger partial charge in [0.2, 0.25) is 0 Å². The average Bonchev–Trinajstić information content (AvgIpc) is 3.07. The smallest absolute Gasteiger partial charge is 0.298 e. The summed E-state index contributed by atoms with van der Waals surface area (Å²) in [7, 11) is 1.74. The third kappa shape index (κ3) is 3.15. The topological polar surface area (TPSA) is 52.2 Å². The number of aromatic nitrogens is 3. The van der Waals surface area contributed by atoms with Crippen molar-refractivity contribution in [3.05, 3.63) is 46.0 Å². The monoisotopic (exact) mass is 352 g/mol. The summed E-state index contributed by atoms with van der Waals surface area (Å²) in [5.74, 6) is 2.78. The van der Waals surface area contributed by atoms with Gasteiger partial charge in [-0.3, -0.25) is 9.48 Å². The van der Waals surface area contributed by atoms with Gasteiger partial charge < -0.3 is 4.57 Å². The molecular weight excluding hydrogens is 332 g/mol. The molecule has 0 fully saturated rings. The molecule has 0 saturated heterocycles. The van der Waals surface area contributed by atoms with Crippen LogP contribution in [0.5, 0.6) is 0 Å². The van der Waals surface area contributed by atoms with E-state index < -0.39 is 0 Å². The second-order valence-electron chi connectivity index (χ2n) is 6.27.